The minimum atomic E-state index is -0.472. The Balaban J connectivity index is 2.23. The third-order valence-electron chi connectivity index (χ3n) is 2.56. The summed E-state index contributed by atoms with van der Waals surface area (Å²) in [5.41, 5.74) is 0. The zero-order valence-electron chi connectivity index (χ0n) is 12.0. The van der Waals surface area contributed by atoms with Gasteiger partial charge in [0.05, 0.1) is 0 Å². The van der Waals surface area contributed by atoms with Crippen molar-refractivity contribution in [1.82, 2.24) is 35.0 Å². The van der Waals surface area contributed by atoms with Crippen LogP contribution in [0.2, 0.25) is 0 Å². The van der Waals surface area contributed by atoms with Crippen molar-refractivity contribution in [1.29, 1.82) is 0 Å². The number of nitrogens with one attached hydrogen (secondary N) is 3. The molecule has 1 atom stereocenters. The van der Waals surface area contributed by atoms with Crippen LogP contribution in [0.4, 0.5) is 11.9 Å². The summed E-state index contributed by atoms with van der Waals surface area (Å²) in [4.78, 5) is 28.1. The first-order chi connectivity index (χ1) is 10.1. The lowest BCUT2D eigenvalue weighted by Crippen LogP contribution is -2.37. The van der Waals surface area contributed by atoms with Crippen LogP contribution in [-0.4, -0.2) is 55.3 Å². The van der Waals surface area contributed by atoms with Crippen LogP contribution < -0.4 is 16.0 Å². The van der Waals surface area contributed by atoms with Gasteiger partial charge in [0.25, 0.3) is 5.95 Å². The quantitative estimate of drug-likeness (QED) is 0.646. The number of nitrogens with zero attached hydrogens (tertiary/aromatic N) is 6. The Morgan fingerprint density at radius 1 is 1.33 bits per heavy atom. The van der Waals surface area contributed by atoms with E-state index in [2.05, 4.69) is 41.0 Å². The molecule has 2 rings (SSSR count). The van der Waals surface area contributed by atoms with Gasteiger partial charge in [-0.05, 0) is 13.8 Å². The molecule has 0 saturated carbocycles. The number of rotatable bonds is 6. The molecule has 0 aromatic carbocycles. The Morgan fingerprint density at radius 3 is 2.71 bits per heavy atom. The number of carbonyl (C=O) groups excluding carboxylic acids is 1. The molecule has 0 bridgehead atoms. The molecule has 3 N–H and O–H groups in total. The SMILES string of the molecule is CCNC(=O)C(C)Nc1nc(NC)nc(-n2cncn2)n1. The molecule has 0 aliphatic rings. The second-order valence-electron chi connectivity index (χ2n) is 4.13. The largest absolute Gasteiger partial charge is 0.357 e. The van der Waals surface area contributed by atoms with Crippen LogP contribution in [0.15, 0.2) is 12.7 Å². The molecule has 0 saturated heterocycles. The monoisotopic (exact) mass is 291 g/mol. The molecular weight excluding hydrogens is 274 g/mol. The van der Waals surface area contributed by atoms with Crippen LogP contribution in [0.1, 0.15) is 13.8 Å². The molecule has 1 amide bonds. The van der Waals surface area contributed by atoms with Gasteiger partial charge in [0.2, 0.25) is 17.8 Å². The number of hydrogen-bond donors (Lipinski definition) is 3. The van der Waals surface area contributed by atoms with E-state index in [1.54, 1.807) is 14.0 Å². The number of aromatic nitrogens is 6. The minimum absolute atomic E-state index is 0.133. The lowest BCUT2D eigenvalue weighted by atomic mass is 10.3. The smallest absolute Gasteiger partial charge is 0.258 e. The molecule has 2 aromatic rings. The Bertz CT molecular complexity index is 598. The topological polar surface area (TPSA) is 123 Å². The fourth-order valence-corrected chi connectivity index (χ4v) is 1.54. The van der Waals surface area contributed by atoms with Crippen molar-refractivity contribution in [2.24, 2.45) is 0 Å². The number of hydrogen-bond acceptors (Lipinski definition) is 8. The number of anilines is 2. The Kier molecular flexibility index (Phi) is 4.59. The second-order valence-corrected chi connectivity index (χ2v) is 4.13. The van der Waals surface area contributed by atoms with Crippen LogP contribution in [0.25, 0.3) is 5.95 Å². The average molecular weight is 291 g/mol. The minimum Gasteiger partial charge on any atom is -0.357 e. The fourth-order valence-electron chi connectivity index (χ4n) is 1.54. The van der Waals surface area contributed by atoms with Crippen molar-refractivity contribution in [2.75, 3.05) is 24.2 Å². The zero-order chi connectivity index (χ0) is 15.2. The van der Waals surface area contributed by atoms with Gasteiger partial charge in [-0.2, -0.15) is 24.7 Å². The normalized spacial score (nSPS) is 11.8. The van der Waals surface area contributed by atoms with Gasteiger partial charge in [0.1, 0.15) is 18.7 Å². The molecule has 2 heterocycles. The number of carbonyl (C=O) groups is 1. The molecule has 0 fully saturated rings. The van der Waals surface area contributed by atoms with E-state index in [-0.39, 0.29) is 11.9 Å². The van der Waals surface area contributed by atoms with Gasteiger partial charge in [-0.1, -0.05) is 0 Å². The van der Waals surface area contributed by atoms with Crippen LogP contribution in [0.3, 0.4) is 0 Å². The van der Waals surface area contributed by atoms with Gasteiger partial charge in [0, 0.05) is 13.6 Å². The third-order valence-corrected chi connectivity index (χ3v) is 2.56. The zero-order valence-corrected chi connectivity index (χ0v) is 12.0. The first-order valence-electron chi connectivity index (χ1n) is 6.47. The molecule has 1 unspecified atom stereocenters. The Morgan fingerprint density at radius 2 is 2.10 bits per heavy atom. The van der Waals surface area contributed by atoms with Crippen LogP contribution in [0, 0.1) is 0 Å². The summed E-state index contributed by atoms with van der Waals surface area (Å²) >= 11 is 0. The van der Waals surface area contributed by atoms with E-state index in [0.29, 0.717) is 18.4 Å². The highest BCUT2D eigenvalue weighted by molar-refractivity contribution is 5.83. The third kappa shape index (κ3) is 3.61. The summed E-state index contributed by atoms with van der Waals surface area (Å²) in [7, 11) is 1.69. The van der Waals surface area contributed by atoms with Crippen molar-refractivity contribution in [3.8, 4) is 5.95 Å². The molecule has 0 aliphatic heterocycles. The summed E-state index contributed by atoms with van der Waals surface area (Å²) in [5, 5.41) is 12.4. The predicted octanol–water partition coefficient (Wildman–Crippen LogP) is -0.569. The lowest BCUT2D eigenvalue weighted by molar-refractivity contribution is -0.121. The fraction of sp³-hybridized carbons (Fsp3) is 0.455. The molecule has 10 nitrogen and oxygen atoms in total. The number of amides is 1. The van der Waals surface area contributed by atoms with Crippen molar-refractivity contribution < 1.29 is 4.79 Å². The maximum atomic E-state index is 11.7. The summed E-state index contributed by atoms with van der Waals surface area (Å²) in [6.07, 6.45) is 2.86. The van der Waals surface area contributed by atoms with E-state index in [1.807, 2.05) is 6.92 Å². The first-order valence-corrected chi connectivity index (χ1v) is 6.47. The second kappa shape index (κ2) is 6.59. The highest BCUT2D eigenvalue weighted by atomic mass is 16.2. The van der Waals surface area contributed by atoms with Crippen molar-refractivity contribution in [2.45, 2.75) is 19.9 Å². The molecule has 0 aliphatic carbocycles. The molecular formula is C11H17N9O. The number of likely N-dealkylation sites (N-methyl/N-ethyl adjacent to an activating group) is 1. The summed E-state index contributed by atoms with van der Waals surface area (Å²) in [6.45, 7) is 4.15. The predicted molar refractivity (Wildman–Crippen MR) is 76.1 cm³/mol. The van der Waals surface area contributed by atoms with Crippen molar-refractivity contribution >= 4 is 17.8 Å². The molecule has 10 heteroatoms. The molecule has 112 valence electrons. The van der Waals surface area contributed by atoms with Gasteiger partial charge in [-0.3, -0.25) is 4.79 Å². The summed E-state index contributed by atoms with van der Waals surface area (Å²) in [6, 6.07) is -0.472. The van der Waals surface area contributed by atoms with Crippen LogP contribution in [-0.2, 0) is 4.79 Å². The average Bonchev–Trinajstić information content (AvgIpc) is 3.01. The molecule has 0 radical (unpaired) electrons. The van der Waals surface area contributed by atoms with Gasteiger partial charge < -0.3 is 16.0 Å². The summed E-state index contributed by atoms with van der Waals surface area (Å²) < 4.78 is 1.41. The molecule has 2 aromatic heterocycles. The van der Waals surface area contributed by atoms with Crippen molar-refractivity contribution in [3.63, 3.8) is 0 Å². The van der Waals surface area contributed by atoms with Crippen LogP contribution >= 0.6 is 0 Å². The standard InChI is InChI=1S/C11H17N9O/c1-4-14-8(21)7(2)16-10-17-9(12-3)18-11(19-10)20-6-13-5-15-20/h5-7H,4H2,1-3H3,(H,14,21)(H2,12,16,17,18,19). The van der Waals surface area contributed by atoms with E-state index in [9.17, 15) is 4.79 Å². The highest BCUT2D eigenvalue weighted by Crippen LogP contribution is 2.08. The van der Waals surface area contributed by atoms with E-state index in [4.69, 9.17) is 0 Å². The van der Waals surface area contributed by atoms with Gasteiger partial charge in [0.15, 0.2) is 0 Å². The van der Waals surface area contributed by atoms with E-state index >= 15 is 0 Å². The van der Waals surface area contributed by atoms with E-state index in [1.165, 1.54) is 17.3 Å². The maximum Gasteiger partial charge on any atom is 0.258 e. The van der Waals surface area contributed by atoms with E-state index < -0.39 is 6.04 Å². The maximum absolute atomic E-state index is 11.7. The van der Waals surface area contributed by atoms with E-state index in [0.717, 1.165) is 0 Å². The van der Waals surface area contributed by atoms with Crippen LogP contribution in [0.5, 0.6) is 0 Å². The Labute approximate surface area is 121 Å². The summed E-state index contributed by atoms with van der Waals surface area (Å²) in [5.74, 6) is 0.809. The van der Waals surface area contributed by atoms with Gasteiger partial charge in [-0.25, -0.2) is 4.98 Å². The first kappa shape index (κ1) is 14.6. The van der Waals surface area contributed by atoms with Gasteiger partial charge >= 0.3 is 0 Å². The highest BCUT2D eigenvalue weighted by Gasteiger charge is 2.15. The lowest BCUT2D eigenvalue weighted by Gasteiger charge is -2.14. The molecule has 21 heavy (non-hydrogen) atoms. The van der Waals surface area contributed by atoms with Gasteiger partial charge in [-0.15, -0.1) is 0 Å². The Hall–Kier alpha value is -2.78. The molecule has 0 spiro atoms. The van der Waals surface area contributed by atoms with Crippen molar-refractivity contribution in [3.05, 3.63) is 12.7 Å².